The number of nitrogens with one attached hydrogen (secondary N) is 1. The maximum atomic E-state index is 10.7. The minimum atomic E-state index is -0.883. The van der Waals surface area contributed by atoms with Gasteiger partial charge in [-0.15, -0.1) is 0 Å². The number of ether oxygens (including phenoxy) is 1. The largest absolute Gasteiger partial charge is 0.501 e. The number of hydrogen-bond donors (Lipinski definition) is 2. The molecule has 0 atom stereocenters. The number of hydrogen-bond acceptors (Lipinski definition) is 6. The molecule has 1 heterocycles. The molecule has 0 radical (unpaired) electrons. The molecule has 1 amide bonds. The molecule has 0 aliphatic carbocycles. The van der Waals surface area contributed by atoms with Gasteiger partial charge < -0.3 is 25.3 Å². The molecule has 0 aliphatic rings. The van der Waals surface area contributed by atoms with E-state index in [9.17, 15) is 14.9 Å². The molecule has 8 nitrogen and oxygen atoms in total. The van der Waals surface area contributed by atoms with Gasteiger partial charge in [0.25, 0.3) is 0 Å². The Morgan fingerprint density at radius 2 is 2.33 bits per heavy atom. The van der Waals surface area contributed by atoms with Crippen molar-refractivity contribution in [1.29, 1.82) is 0 Å². The van der Waals surface area contributed by atoms with Crippen molar-refractivity contribution in [1.82, 2.24) is 10.3 Å². The van der Waals surface area contributed by atoms with Crippen LogP contribution in [-0.4, -0.2) is 28.2 Å². The minimum Gasteiger partial charge on any atom is -0.501 e. The van der Waals surface area contributed by atoms with Gasteiger partial charge in [-0.05, 0) is 11.0 Å². The Balaban J connectivity index is 2.97. The van der Waals surface area contributed by atoms with Gasteiger partial charge >= 0.3 is 17.8 Å². The van der Waals surface area contributed by atoms with Crippen LogP contribution in [0.3, 0.4) is 0 Å². The zero-order valence-electron chi connectivity index (χ0n) is 7.63. The van der Waals surface area contributed by atoms with Gasteiger partial charge in [0.2, 0.25) is 5.75 Å². The number of rotatable bonds is 2. The van der Waals surface area contributed by atoms with Gasteiger partial charge in [0, 0.05) is 18.1 Å². The summed E-state index contributed by atoms with van der Waals surface area (Å²) in [5, 5.41) is 21.5. The van der Waals surface area contributed by atoms with Crippen LogP contribution in [0.4, 0.5) is 10.6 Å². The number of carbonyl (C=O) groups is 1. The predicted molar refractivity (Wildman–Crippen MR) is 47.6 cm³/mol. The molecule has 1 rings (SSSR count). The summed E-state index contributed by atoms with van der Waals surface area (Å²) in [5.41, 5.74) is 0. The number of nitrogens with zero attached hydrogens (tertiary/aromatic N) is 2. The van der Waals surface area contributed by atoms with Crippen molar-refractivity contribution in [2.45, 2.75) is 0 Å². The Hall–Kier alpha value is -2.38. The molecular formula is C7H7N3O5. The normalized spacial score (nSPS) is 9.40. The first kappa shape index (κ1) is 10.7. The monoisotopic (exact) mass is 213 g/mol. The summed E-state index contributed by atoms with van der Waals surface area (Å²) in [7, 11) is 1.33. The first-order chi connectivity index (χ1) is 7.04. The fourth-order valence-electron chi connectivity index (χ4n) is 0.761. The second-order valence-corrected chi connectivity index (χ2v) is 2.39. The summed E-state index contributed by atoms with van der Waals surface area (Å²) in [6, 6.07) is 2.15. The molecule has 0 saturated carbocycles. The molecular weight excluding hydrogens is 206 g/mol. The topological polar surface area (TPSA) is 115 Å². The van der Waals surface area contributed by atoms with Gasteiger partial charge in [0.15, 0.2) is 0 Å². The van der Waals surface area contributed by atoms with E-state index in [0.29, 0.717) is 0 Å². The molecule has 0 aliphatic heterocycles. The average Bonchev–Trinajstić information content (AvgIpc) is 2.20. The van der Waals surface area contributed by atoms with Crippen molar-refractivity contribution in [3.05, 3.63) is 22.2 Å². The summed E-state index contributed by atoms with van der Waals surface area (Å²) in [5.74, 6) is -1.63. The van der Waals surface area contributed by atoms with E-state index in [2.05, 4.69) is 15.0 Å². The van der Waals surface area contributed by atoms with Crippen LogP contribution in [0.2, 0.25) is 0 Å². The van der Waals surface area contributed by atoms with E-state index in [1.54, 1.807) is 0 Å². The summed E-state index contributed by atoms with van der Waals surface area (Å²) in [6.07, 6.45) is -0.803. The first-order valence-corrected chi connectivity index (χ1v) is 3.78. The highest BCUT2D eigenvalue weighted by atomic mass is 16.6. The number of carbonyl (C=O) groups excluding carboxylic acids is 1. The molecule has 0 bridgehead atoms. The fourth-order valence-corrected chi connectivity index (χ4v) is 0.761. The van der Waals surface area contributed by atoms with E-state index in [-0.39, 0.29) is 5.88 Å². The van der Waals surface area contributed by atoms with E-state index in [4.69, 9.17) is 5.11 Å². The molecule has 15 heavy (non-hydrogen) atoms. The van der Waals surface area contributed by atoms with Crippen LogP contribution in [0, 0.1) is 10.1 Å². The second kappa shape index (κ2) is 4.22. The Kier molecular flexibility index (Phi) is 3.01. The van der Waals surface area contributed by atoms with E-state index in [1.807, 2.05) is 0 Å². The van der Waals surface area contributed by atoms with Crippen LogP contribution in [0.1, 0.15) is 0 Å². The fraction of sp³-hybridized carbons (Fsp3) is 0.143. The highest BCUT2D eigenvalue weighted by molar-refractivity contribution is 5.69. The lowest BCUT2D eigenvalue weighted by Crippen LogP contribution is -2.22. The van der Waals surface area contributed by atoms with Crippen LogP contribution in [0.5, 0.6) is 11.6 Å². The van der Waals surface area contributed by atoms with Crippen LogP contribution >= 0.6 is 0 Å². The zero-order chi connectivity index (χ0) is 11.4. The molecule has 0 fully saturated rings. The van der Waals surface area contributed by atoms with Gasteiger partial charge in [-0.25, -0.2) is 4.79 Å². The summed E-state index contributed by atoms with van der Waals surface area (Å²) in [6.45, 7) is 0. The van der Waals surface area contributed by atoms with Crippen molar-refractivity contribution < 1.29 is 19.6 Å². The van der Waals surface area contributed by atoms with Gasteiger partial charge in [-0.2, -0.15) is 0 Å². The highest BCUT2D eigenvalue weighted by Gasteiger charge is 2.18. The summed E-state index contributed by atoms with van der Waals surface area (Å²) >= 11 is 0. The predicted octanol–water partition coefficient (Wildman–Crippen LogP) is 0.414. The third-order valence-electron chi connectivity index (χ3n) is 1.40. The van der Waals surface area contributed by atoms with E-state index < -0.39 is 22.6 Å². The molecule has 80 valence electrons. The zero-order valence-corrected chi connectivity index (χ0v) is 7.63. The third kappa shape index (κ3) is 2.53. The van der Waals surface area contributed by atoms with E-state index >= 15 is 0 Å². The SMILES string of the molecule is CNC(=O)Oc1ccc(O)c([N+](=O)[O-])n1. The lowest BCUT2D eigenvalue weighted by molar-refractivity contribution is -0.390. The Labute approximate surface area is 83.7 Å². The maximum absolute atomic E-state index is 10.7. The number of nitro groups is 1. The van der Waals surface area contributed by atoms with Crippen molar-refractivity contribution in [2.24, 2.45) is 0 Å². The molecule has 0 unspecified atom stereocenters. The summed E-state index contributed by atoms with van der Waals surface area (Å²) in [4.78, 5) is 23.5. The lowest BCUT2D eigenvalue weighted by Gasteiger charge is -1.99. The lowest BCUT2D eigenvalue weighted by atomic mass is 10.4. The first-order valence-electron chi connectivity index (χ1n) is 3.78. The molecule has 1 aromatic heterocycles. The van der Waals surface area contributed by atoms with Crippen molar-refractivity contribution in [3.63, 3.8) is 0 Å². The van der Waals surface area contributed by atoms with Crippen molar-refractivity contribution in [2.75, 3.05) is 7.05 Å². The Morgan fingerprint density at radius 1 is 1.67 bits per heavy atom. The second-order valence-electron chi connectivity index (χ2n) is 2.39. The quantitative estimate of drug-likeness (QED) is 0.543. The molecule has 0 aromatic carbocycles. The molecule has 8 heteroatoms. The summed E-state index contributed by atoms with van der Waals surface area (Å²) < 4.78 is 4.53. The number of aromatic hydroxyl groups is 1. The molecule has 1 aromatic rings. The Bertz CT molecular complexity index is 406. The van der Waals surface area contributed by atoms with Gasteiger partial charge in [0.1, 0.15) is 0 Å². The van der Waals surface area contributed by atoms with Gasteiger partial charge in [0.05, 0.1) is 0 Å². The van der Waals surface area contributed by atoms with Crippen LogP contribution in [0.15, 0.2) is 12.1 Å². The van der Waals surface area contributed by atoms with Crippen molar-refractivity contribution in [3.8, 4) is 11.6 Å². The standard InChI is InChI=1S/C7H7N3O5/c1-8-7(12)15-5-3-2-4(11)6(9-5)10(13)14/h2-3,11H,1H3,(H,8,12). The van der Waals surface area contributed by atoms with Crippen LogP contribution < -0.4 is 10.1 Å². The van der Waals surface area contributed by atoms with Crippen LogP contribution in [-0.2, 0) is 0 Å². The molecule has 0 spiro atoms. The molecule has 2 N–H and O–H groups in total. The highest BCUT2D eigenvalue weighted by Crippen LogP contribution is 2.25. The number of pyridine rings is 1. The van der Waals surface area contributed by atoms with Crippen molar-refractivity contribution >= 4 is 11.9 Å². The van der Waals surface area contributed by atoms with E-state index in [1.165, 1.54) is 7.05 Å². The number of aromatic nitrogens is 1. The number of amides is 1. The molecule has 0 saturated heterocycles. The smallest absolute Gasteiger partial charge is 0.415 e. The van der Waals surface area contributed by atoms with Gasteiger partial charge in [-0.1, -0.05) is 0 Å². The van der Waals surface area contributed by atoms with Gasteiger partial charge in [-0.3, -0.25) is 0 Å². The van der Waals surface area contributed by atoms with Crippen LogP contribution in [0.25, 0.3) is 0 Å². The Morgan fingerprint density at radius 3 is 2.87 bits per heavy atom. The minimum absolute atomic E-state index is 0.265. The van der Waals surface area contributed by atoms with E-state index in [0.717, 1.165) is 12.1 Å². The third-order valence-corrected chi connectivity index (χ3v) is 1.40. The maximum Gasteiger partial charge on any atom is 0.415 e. The average molecular weight is 213 g/mol.